The third-order valence-corrected chi connectivity index (χ3v) is 4.86. The van der Waals surface area contributed by atoms with Crippen LogP contribution in [-0.2, 0) is 0 Å². The Morgan fingerprint density at radius 2 is 1.76 bits per heavy atom. The van der Waals surface area contributed by atoms with Crippen molar-refractivity contribution in [3.05, 3.63) is 34.9 Å². The molecule has 0 radical (unpaired) electrons. The van der Waals surface area contributed by atoms with Gasteiger partial charge in [0.25, 0.3) is 0 Å². The van der Waals surface area contributed by atoms with Crippen LogP contribution in [0.2, 0.25) is 0 Å². The highest BCUT2D eigenvalue weighted by atomic mass is 15.1. The lowest BCUT2D eigenvalue weighted by Crippen LogP contribution is -2.29. The Morgan fingerprint density at radius 1 is 1.10 bits per heavy atom. The average Bonchev–Trinajstić information content (AvgIpc) is 2.56. The van der Waals surface area contributed by atoms with Gasteiger partial charge in [-0.3, -0.25) is 0 Å². The summed E-state index contributed by atoms with van der Waals surface area (Å²) >= 11 is 0. The van der Waals surface area contributed by atoms with Crippen LogP contribution in [0.3, 0.4) is 0 Å². The number of aryl methyl sites for hydroxylation is 2. The molecule has 21 heavy (non-hydrogen) atoms. The van der Waals surface area contributed by atoms with E-state index in [2.05, 4.69) is 50.8 Å². The molecule has 1 aromatic carbocycles. The highest BCUT2D eigenvalue weighted by Gasteiger charge is 2.23. The average molecular weight is 288 g/mol. The zero-order valence-electron chi connectivity index (χ0n) is 14.3. The van der Waals surface area contributed by atoms with E-state index in [1.165, 1.54) is 49.0 Å². The second-order valence-corrected chi connectivity index (χ2v) is 7.68. The molecule has 1 heterocycles. The minimum absolute atomic E-state index is 0.167. The van der Waals surface area contributed by atoms with Crippen molar-refractivity contribution in [2.24, 2.45) is 11.1 Å². The highest BCUT2D eigenvalue weighted by Crippen LogP contribution is 2.30. The first-order valence-electron chi connectivity index (χ1n) is 8.42. The van der Waals surface area contributed by atoms with Crippen molar-refractivity contribution >= 4 is 0 Å². The van der Waals surface area contributed by atoms with Gasteiger partial charge in [-0.2, -0.15) is 0 Å². The fourth-order valence-electron chi connectivity index (χ4n) is 3.41. The van der Waals surface area contributed by atoms with Gasteiger partial charge < -0.3 is 10.6 Å². The Bertz CT molecular complexity index is 444. The molecule has 0 aromatic heterocycles. The van der Waals surface area contributed by atoms with Crippen LogP contribution >= 0.6 is 0 Å². The molecule has 0 saturated carbocycles. The van der Waals surface area contributed by atoms with Gasteiger partial charge in [0.05, 0.1) is 0 Å². The van der Waals surface area contributed by atoms with Crippen molar-refractivity contribution in [1.82, 2.24) is 4.90 Å². The quantitative estimate of drug-likeness (QED) is 0.899. The summed E-state index contributed by atoms with van der Waals surface area (Å²) < 4.78 is 0. The maximum Gasteiger partial charge on any atom is 0.0307 e. The molecule has 1 atom stereocenters. The van der Waals surface area contributed by atoms with E-state index < -0.39 is 0 Å². The van der Waals surface area contributed by atoms with Gasteiger partial charge in [-0.1, -0.05) is 43.2 Å². The fourth-order valence-corrected chi connectivity index (χ4v) is 3.41. The number of rotatable bonds is 4. The predicted molar refractivity (Wildman–Crippen MR) is 91.5 cm³/mol. The van der Waals surface area contributed by atoms with Gasteiger partial charge in [-0.05, 0) is 70.1 Å². The Balaban J connectivity index is 1.87. The third-order valence-electron chi connectivity index (χ3n) is 4.86. The molecular weight excluding hydrogens is 256 g/mol. The van der Waals surface area contributed by atoms with E-state index in [0.717, 1.165) is 13.0 Å². The van der Waals surface area contributed by atoms with Crippen LogP contribution in [0.1, 0.15) is 62.3 Å². The van der Waals surface area contributed by atoms with Crippen molar-refractivity contribution < 1.29 is 0 Å². The van der Waals surface area contributed by atoms with Crippen LogP contribution < -0.4 is 5.73 Å². The summed E-state index contributed by atoms with van der Waals surface area (Å²) in [6, 6.07) is 6.86. The first kappa shape index (κ1) is 16.5. The summed E-state index contributed by atoms with van der Waals surface area (Å²) in [6.07, 6.45) is 5.05. The molecule has 1 aliphatic rings. The zero-order valence-corrected chi connectivity index (χ0v) is 14.3. The van der Waals surface area contributed by atoms with Gasteiger partial charge in [0.15, 0.2) is 0 Å². The van der Waals surface area contributed by atoms with Crippen LogP contribution in [0.15, 0.2) is 18.2 Å². The molecule has 1 unspecified atom stereocenters. The van der Waals surface area contributed by atoms with E-state index in [-0.39, 0.29) is 6.04 Å². The Labute approximate surface area is 130 Å². The topological polar surface area (TPSA) is 29.3 Å². The number of hydrogen-bond acceptors (Lipinski definition) is 2. The van der Waals surface area contributed by atoms with Gasteiger partial charge in [0.1, 0.15) is 0 Å². The lowest BCUT2D eigenvalue weighted by Gasteiger charge is -2.24. The van der Waals surface area contributed by atoms with E-state index in [1.54, 1.807) is 0 Å². The molecule has 1 saturated heterocycles. The van der Waals surface area contributed by atoms with Gasteiger partial charge in [0.2, 0.25) is 0 Å². The Hall–Kier alpha value is -0.860. The molecule has 1 aromatic rings. The smallest absolute Gasteiger partial charge is 0.0307 e. The van der Waals surface area contributed by atoms with E-state index in [9.17, 15) is 0 Å². The minimum atomic E-state index is 0.167. The molecule has 0 spiro atoms. The van der Waals surface area contributed by atoms with Crippen LogP contribution in [0.5, 0.6) is 0 Å². The lowest BCUT2D eigenvalue weighted by molar-refractivity contribution is 0.254. The summed E-state index contributed by atoms with van der Waals surface area (Å²) in [5.41, 5.74) is 10.9. The molecule has 2 heteroatoms. The van der Waals surface area contributed by atoms with E-state index in [4.69, 9.17) is 5.73 Å². The van der Waals surface area contributed by atoms with Crippen molar-refractivity contribution in [3.63, 3.8) is 0 Å². The van der Waals surface area contributed by atoms with E-state index in [1.807, 2.05) is 0 Å². The van der Waals surface area contributed by atoms with Crippen molar-refractivity contribution in [3.8, 4) is 0 Å². The van der Waals surface area contributed by atoms with Crippen LogP contribution in [0.25, 0.3) is 0 Å². The lowest BCUT2D eigenvalue weighted by atomic mass is 9.85. The number of hydrogen-bond donors (Lipinski definition) is 1. The van der Waals surface area contributed by atoms with Crippen LogP contribution in [-0.4, -0.2) is 24.5 Å². The molecule has 1 aliphatic heterocycles. The molecule has 1 fully saturated rings. The summed E-state index contributed by atoms with van der Waals surface area (Å²) in [4.78, 5) is 2.61. The minimum Gasteiger partial charge on any atom is -0.324 e. The van der Waals surface area contributed by atoms with Crippen molar-refractivity contribution in [2.75, 3.05) is 19.6 Å². The maximum atomic E-state index is 6.42. The molecule has 2 nitrogen and oxygen atoms in total. The highest BCUT2D eigenvalue weighted by molar-refractivity contribution is 5.30. The third kappa shape index (κ3) is 5.12. The summed E-state index contributed by atoms with van der Waals surface area (Å²) in [6.45, 7) is 12.7. The first-order chi connectivity index (χ1) is 9.85. The summed E-state index contributed by atoms with van der Waals surface area (Å²) in [5, 5.41) is 0. The van der Waals surface area contributed by atoms with E-state index in [0.29, 0.717) is 5.41 Å². The van der Waals surface area contributed by atoms with Crippen molar-refractivity contribution in [1.29, 1.82) is 0 Å². The Morgan fingerprint density at radius 3 is 2.43 bits per heavy atom. The molecule has 0 bridgehead atoms. The SMILES string of the molecule is Cc1cc(C)cc(C(N)CCN2CCCC(C)(C)CC2)c1. The maximum absolute atomic E-state index is 6.42. The number of likely N-dealkylation sites (tertiary alicyclic amines) is 1. The normalized spacial score (nSPS) is 21.0. The largest absolute Gasteiger partial charge is 0.324 e. The fraction of sp³-hybridized carbons (Fsp3) is 0.684. The molecule has 2 rings (SSSR count). The van der Waals surface area contributed by atoms with E-state index >= 15 is 0 Å². The van der Waals surface area contributed by atoms with Gasteiger partial charge in [-0.15, -0.1) is 0 Å². The second-order valence-electron chi connectivity index (χ2n) is 7.68. The predicted octanol–water partition coefficient (Wildman–Crippen LogP) is 4.21. The first-order valence-corrected chi connectivity index (χ1v) is 8.42. The van der Waals surface area contributed by atoms with Gasteiger partial charge >= 0.3 is 0 Å². The van der Waals surface area contributed by atoms with Crippen LogP contribution in [0.4, 0.5) is 0 Å². The standard InChI is InChI=1S/C19H32N2/c1-15-12-16(2)14-17(13-15)18(20)6-10-21-9-5-7-19(3,4)8-11-21/h12-14,18H,5-11,20H2,1-4H3. The molecule has 0 amide bonds. The molecule has 2 N–H and O–H groups in total. The summed E-state index contributed by atoms with van der Waals surface area (Å²) in [5.74, 6) is 0. The second kappa shape index (κ2) is 6.93. The molecule has 118 valence electrons. The van der Waals surface area contributed by atoms with Crippen molar-refractivity contribution in [2.45, 2.75) is 59.4 Å². The molecule has 0 aliphatic carbocycles. The molecular formula is C19H32N2. The zero-order chi connectivity index (χ0) is 15.5. The number of benzene rings is 1. The van der Waals surface area contributed by atoms with Crippen LogP contribution in [0, 0.1) is 19.3 Å². The Kier molecular flexibility index (Phi) is 5.45. The summed E-state index contributed by atoms with van der Waals surface area (Å²) in [7, 11) is 0. The van der Waals surface area contributed by atoms with Gasteiger partial charge in [-0.25, -0.2) is 0 Å². The van der Waals surface area contributed by atoms with Gasteiger partial charge in [0, 0.05) is 6.04 Å². The monoisotopic (exact) mass is 288 g/mol. The number of nitrogens with zero attached hydrogens (tertiary/aromatic N) is 1. The number of nitrogens with two attached hydrogens (primary N) is 1.